The summed E-state index contributed by atoms with van der Waals surface area (Å²) in [6, 6.07) is 16.9. The number of aryl methyl sites for hydroxylation is 1. The van der Waals surface area contributed by atoms with Gasteiger partial charge in [0.05, 0.1) is 11.1 Å². The molecular formula is C16H13NO2. The molecule has 0 unspecified atom stereocenters. The van der Waals surface area contributed by atoms with Gasteiger partial charge in [-0.05, 0) is 36.8 Å². The van der Waals surface area contributed by atoms with Crippen molar-refractivity contribution in [3.8, 4) is 0 Å². The fourth-order valence-corrected chi connectivity index (χ4v) is 2.01. The molecule has 1 heterocycles. The summed E-state index contributed by atoms with van der Waals surface area (Å²) in [7, 11) is 0. The molecule has 19 heavy (non-hydrogen) atoms. The molecule has 0 aliphatic heterocycles. The van der Waals surface area contributed by atoms with Crippen LogP contribution in [0.2, 0.25) is 0 Å². The molecule has 0 saturated heterocycles. The molecule has 0 atom stereocenters. The Morgan fingerprint density at radius 2 is 1.84 bits per heavy atom. The van der Waals surface area contributed by atoms with Crippen LogP contribution in [0, 0.1) is 6.92 Å². The highest BCUT2D eigenvalue weighted by molar-refractivity contribution is 5.90. The molecule has 3 heteroatoms. The van der Waals surface area contributed by atoms with Crippen LogP contribution >= 0.6 is 0 Å². The summed E-state index contributed by atoms with van der Waals surface area (Å²) in [4.78, 5) is 17.4. The molecule has 1 aromatic heterocycles. The van der Waals surface area contributed by atoms with Crippen molar-refractivity contribution in [2.24, 2.45) is 0 Å². The van der Waals surface area contributed by atoms with Gasteiger partial charge in [0, 0.05) is 11.6 Å². The smallest absolute Gasteiger partial charge is 0.331 e. The molecule has 0 aliphatic carbocycles. The van der Waals surface area contributed by atoms with E-state index in [0.29, 0.717) is 5.56 Å². The summed E-state index contributed by atoms with van der Waals surface area (Å²) < 4.78 is 1.51. The normalized spacial score (nSPS) is 10.6. The fourth-order valence-electron chi connectivity index (χ4n) is 2.01. The number of nitrogens with zero attached hydrogens (tertiary/aromatic N) is 1. The van der Waals surface area contributed by atoms with Crippen LogP contribution < -0.4 is 4.84 Å². The van der Waals surface area contributed by atoms with Gasteiger partial charge in [-0.3, -0.25) is 0 Å². The van der Waals surface area contributed by atoms with Crippen molar-refractivity contribution >= 4 is 16.9 Å². The van der Waals surface area contributed by atoms with Gasteiger partial charge >= 0.3 is 5.97 Å². The Balaban J connectivity index is 1.94. The van der Waals surface area contributed by atoms with Crippen LogP contribution in [0.3, 0.4) is 0 Å². The number of hydrogen-bond donors (Lipinski definition) is 0. The van der Waals surface area contributed by atoms with Gasteiger partial charge in [0.25, 0.3) is 0 Å². The minimum absolute atomic E-state index is 0.361. The monoisotopic (exact) mass is 251 g/mol. The summed E-state index contributed by atoms with van der Waals surface area (Å²) in [6.45, 7) is 2.01. The van der Waals surface area contributed by atoms with Crippen molar-refractivity contribution in [1.82, 2.24) is 4.73 Å². The van der Waals surface area contributed by atoms with Gasteiger partial charge in [-0.15, -0.1) is 0 Å². The molecule has 3 rings (SSSR count). The molecule has 3 aromatic rings. The van der Waals surface area contributed by atoms with Crippen LogP contribution in [0.5, 0.6) is 0 Å². The van der Waals surface area contributed by atoms with Gasteiger partial charge in [0.15, 0.2) is 0 Å². The molecule has 0 spiro atoms. The van der Waals surface area contributed by atoms with E-state index in [0.717, 1.165) is 16.5 Å². The third-order valence-corrected chi connectivity index (χ3v) is 3.00. The number of hydrogen-bond acceptors (Lipinski definition) is 2. The molecule has 2 aromatic carbocycles. The zero-order valence-electron chi connectivity index (χ0n) is 10.5. The summed E-state index contributed by atoms with van der Waals surface area (Å²) in [5, 5.41) is 1.05. The first-order valence-corrected chi connectivity index (χ1v) is 6.09. The van der Waals surface area contributed by atoms with Gasteiger partial charge < -0.3 is 4.84 Å². The number of fused-ring (bicyclic) bond motifs is 1. The minimum Gasteiger partial charge on any atom is -0.331 e. The standard InChI is InChI=1S/C16H13NO2/c1-12-7-8-13-9-10-17(15(13)11-12)19-16(18)14-5-3-2-4-6-14/h2-11H,1H3. The lowest BCUT2D eigenvalue weighted by atomic mass is 10.2. The minimum atomic E-state index is -0.361. The van der Waals surface area contributed by atoms with Crippen LogP contribution in [0.4, 0.5) is 0 Å². The molecular weight excluding hydrogens is 238 g/mol. The van der Waals surface area contributed by atoms with Gasteiger partial charge in [-0.1, -0.05) is 30.3 Å². The van der Waals surface area contributed by atoms with Crippen molar-refractivity contribution in [3.05, 3.63) is 71.9 Å². The fraction of sp³-hybridized carbons (Fsp3) is 0.0625. The summed E-state index contributed by atoms with van der Waals surface area (Å²) in [6.07, 6.45) is 1.75. The van der Waals surface area contributed by atoms with E-state index in [2.05, 4.69) is 0 Å². The Kier molecular flexibility index (Phi) is 2.80. The van der Waals surface area contributed by atoms with E-state index in [4.69, 9.17) is 4.84 Å². The predicted molar refractivity (Wildman–Crippen MR) is 74.0 cm³/mol. The van der Waals surface area contributed by atoms with E-state index in [-0.39, 0.29) is 5.97 Å². The van der Waals surface area contributed by atoms with Crippen LogP contribution in [-0.4, -0.2) is 10.7 Å². The van der Waals surface area contributed by atoms with E-state index in [1.807, 2.05) is 49.4 Å². The largest absolute Gasteiger partial charge is 0.363 e. The van der Waals surface area contributed by atoms with E-state index >= 15 is 0 Å². The Morgan fingerprint density at radius 3 is 2.63 bits per heavy atom. The van der Waals surface area contributed by atoms with Crippen LogP contribution in [-0.2, 0) is 0 Å². The van der Waals surface area contributed by atoms with Crippen molar-refractivity contribution in [1.29, 1.82) is 0 Å². The van der Waals surface area contributed by atoms with E-state index in [1.54, 1.807) is 18.3 Å². The number of carbonyl (C=O) groups is 1. The molecule has 0 aliphatic rings. The first kappa shape index (κ1) is 11.5. The summed E-state index contributed by atoms with van der Waals surface area (Å²) in [5.74, 6) is -0.361. The van der Waals surface area contributed by atoms with E-state index < -0.39 is 0 Å². The second-order valence-electron chi connectivity index (χ2n) is 4.45. The molecule has 94 valence electrons. The quantitative estimate of drug-likeness (QED) is 0.700. The van der Waals surface area contributed by atoms with Gasteiger partial charge in [0.2, 0.25) is 0 Å². The SMILES string of the molecule is Cc1ccc2ccn(OC(=O)c3ccccc3)c2c1. The van der Waals surface area contributed by atoms with Crippen LogP contribution in [0.25, 0.3) is 10.9 Å². The lowest BCUT2D eigenvalue weighted by Gasteiger charge is -2.06. The van der Waals surface area contributed by atoms with Gasteiger partial charge in [-0.2, -0.15) is 4.73 Å². The third-order valence-electron chi connectivity index (χ3n) is 3.00. The van der Waals surface area contributed by atoms with Gasteiger partial charge in [-0.25, -0.2) is 4.79 Å². The number of aromatic nitrogens is 1. The van der Waals surface area contributed by atoms with E-state index in [9.17, 15) is 4.79 Å². The number of benzene rings is 2. The lowest BCUT2D eigenvalue weighted by Crippen LogP contribution is -2.18. The van der Waals surface area contributed by atoms with Crippen molar-refractivity contribution < 1.29 is 9.63 Å². The van der Waals surface area contributed by atoms with Crippen molar-refractivity contribution in [3.63, 3.8) is 0 Å². The average Bonchev–Trinajstić information content (AvgIpc) is 2.82. The molecule has 0 N–H and O–H groups in total. The maximum Gasteiger partial charge on any atom is 0.363 e. The summed E-state index contributed by atoms with van der Waals surface area (Å²) >= 11 is 0. The second-order valence-corrected chi connectivity index (χ2v) is 4.45. The number of rotatable bonds is 2. The average molecular weight is 251 g/mol. The van der Waals surface area contributed by atoms with Crippen LogP contribution in [0.15, 0.2) is 60.8 Å². The Bertz CT molecular complexity index is 729. The first-order chi connectivity index (χ1) is 9.24. The Labute approximate surface area is 111 Å². The molecule has 0 saturated carbocycles. The molecule has 0 fully saturated rings. The maximum atomic E-state index is 12.0. The van der Waals surface area contributed by atoms with E-state index in [1.165, 1.54) is 4.73 Å². The second kappa shape index (κ2) is 4.61. The molecule has 3 nitrogen and oxygen atoms in total. The first-order valence-electron chi connectivity index (χ1n) is 6.09. The highest BCUT2D eigenvalue weighted by Gasteiger charge is 2.09. The lowest BCUT2D eigenvalue weighted by molar-refractivity contribution is 0.0483. The van der Waals surface area contributed by atoms with Crippen molar-refractivity contribution in [2.45, 2.75) is 6.92 Å². The molecule has 0 bridgehead atoms. The van der Waals surface area contributed by atoms with Crippen LogP contribution in [0.1, 0.15) is 15.9 Å². The topological polar surface area (TPSA) is 31.2 Å². The highest BCUT2D eigenvalue weighted by atomic mass is 16.7. The zero-order chi connectivity index (χ0) is 13.2. The molecule has 0 amide bonds. The third kappa shape index (κ3) is 2.22. The number of carbonyl (C=O) groups excluding carboxylic acids is 1. The molecule has 0 radical (unpaired) electrons. The maximum absolute atomic E-state index is 12.0. The Morgan fingerprint density at radius 1 is 1.05 bits per heavy atom. The van der Waals surface area contributed by atoms with Gasteiger partial charge in [0.1, 0.15) is 0 Å². The predicted octanol–water partition coefficient (Wildman–Crippen LogP) is 3.22. The zero-order valence-corrected chi connectivity index (χ0v) is 10.5. The summed E-state index contributed by atoms with van der Waals surface area (Å²) in [5.41, 5.74) is 2.56. The Hall–Kier alpha value is -2.55. The highest BCUT2D eigenvalue weighted by Crippen LogP contribution is 2.16. The van der Waals surface area contributed by atoms with Crippen molar-refractivity contribution in [2.75, 3.05) is 0 Å².